The monoisotopic (exact) mass is 276 g/mol. The third-order valence-electron chi connectivity index (χ3n) is 3.96. The molecule has 5 heteroatoms. The van der Waals surface area contributed by atoms with Crippen molar-refractivity contribution >= 4 is 5.91 Å². The number of nitrogens with zero attached hydrogens (tertiary/aromatic N) is 1. The summed E-state index contributed by atoms with van der Waals surface area (Å²) in [6.07, 6.45) is 5.88. The summed E-state index contributed by atoms with van der Waals surface area (Å²) >= 11 is 0. The summed E-state index contributed by atoms with van der Waals surface area (Å²) in [5.41, 5.74) is 1.01. The van der Waals surface area contributed by atoms with E-state index < -0.39 is 0 Å². The number of nitrogens with one attached hydrogen (secondary N) is 1. The molecule has 0 aromatic carbocycles. The average Bonchev–Trinajstić information content (AvgIpc) is 3.09. The first-order chi connectivity index (χ1) is 9.74. The second-order valence-corrected chi connectivity index (χ2v) is 5.49. The Balaban J connectivity index is 1.63. The number of hydrogen-bond donors (Lipinski definition) is 1. The number of amides is 1. The number of carbonyl (C=O) groups is 1. The molecule has 1 aromatic heterocycles. The molecule has 1 N–H and O–H groups in total. The topological polar surface area (TPSA) is 60.5 Å². The Morgan fingerprint density at radius 1 is 1.40 bits per heavy atom. The van der Waals surface area contributed by atoms with Gasteiger partial charge in [-0.2, -0.15) is 0 Å². The molecule has 1 amide bonds. The van der Waals surface area contributed by atoms with Gasteiger partial charge in [-0.05, 0) is 32.3 Å². The smallest absolute Gasteiger partial charge is 0.249 e. The van der Waals surface area contributed by atoms with Gasteiger partial charge in [-0.15, -0.1) is 0 Å². The van der Waals surface area contributed by atoms with Gasteiger partial charge in [0, 0.05) is 24.6 Å². The molecule has 3 heterocycles. The fourth-order valence-corrected chi connectivity index (χ4v) is 2.88. The lowest BCUT2D eigenvalue weighted by Crippen LogP contribution is -2.42. The molecule has 2 aliphatic rings. The van der Waals surface area contributed by atoms with E-state index >= 15 is 0 Å². The van der Waals surface area contributed by atoms with Crippen LogP contribution in [0.25, 0.3) is 0 Å². The van der Waals surface area contributed by atoms with Gasteiger partial charge in [0.1, 0.15) is 12.2 Å². The minimum absolute atomic E-state index is 0.00575. The molecule has 4 atom stereocenters. The second kappa shape index (κ2) is 5.89. The maximum absolute atomic E-state index is 12.2. The van der Waals surface area contributed by atoms with Crippen LogP contribution in [0.3, 0.4) is 0 Å². The molecule has 20 heavy (non-hydrogen) atoms. The van der Waals surface area contributed by atoms with E-state index in [0.29, 0.717) is 6.61 Å². The van der Waals surface area contributed by atoms with Crippen molar-refractivity contribution in [2.75, 3.05) is 6.61 Å². The van der Waals surface area contributed by atoms with E-state index in [1.54, 1.807) is 12.4 Å². The average molecular weight is 276 g/mol. The van der Waals surface area contributed by atoms with E-state index in [-0.39, 0.29) is 30.3 Å². The van der Waals surface area contributed by atoms with Gasteiger partial charge in [0.15, 0.2) is 0 Å². The zero-order valence-corrected chi connectivity index (χ0v) is 11.6. The zero-order valence-electron chi connectivity index (χ0n) is 11.6. The largest absolute Gasteiger partial charge is 0.371 e. The molecule has 0 saturated carbocycles. The van der Waals surface area contributed by atoms with Crippen LogP contribution >= 0.6 is 0 Å². The van der Waals surface area contributed by atoms with Gasteiger partial charge in [0.2, 0.25) is 5.91 Å². The van der Waals surface area contributed by atoms with Crippen LogP contribution in [-0.2, 0) is 14.3 Å². The summed E-state index contributed by atoms with van der Waals surface area (Å²) in [5, 5.41) is 3.07. The van der Waals surface area contributed by atoms with Gasteiger partial charge in [0.25, 0.3) is 0 Å². The fourth-order valence-electron chi connectivity index (χ4n) is 2.88. The van der Waals surface area contributed by atoms with Crippen molar-refractivity contribution in [1.29, 1.82) is 0 Å². The summed E-state index contributed by atoms with van der Waals surface area (Å²) in [6.45, 7) is 2.66. The first kappa shape index (κ1) is 13.5. The van der Waals surface area contributed by atoms with E-state index in [0.717, 1.165) is 24.8 Å². The van der Waals surface area contributed by atoms with Gasteiger partial charge in [0.05, 0.1) is 12.1 Å². The Hall–Kier alpha value is -1.46. The summed E-state index contributed by atoms with van der Waals surface area (Å²) in [7, 11) is 0. The van der Waals surface area contributed by atoms with Gasteiger partial charge in [-0.1, -0.05) is 6.07 Å². The van der Waals surface area contributed by atoms with Crippen LogP contribution in [0.5, 0.6) is 0 Å². The molecule has 3 rings (SSSR count). The van der Waals surface area contributed by atoms with Crippen LogP contribution in [0.4, 0.5) is 0 Å². The van der Waals surface area contributed by atoms with Crippen LogP contribution in [0.15, 0.2) is 24.5 Å². The number of hydrogen-bond acceptors (Lipinski definition) is 4. The van der Waals surface area contributed by atoms with Gasteiger partial charge in [-0.25, -0.2) is 0 Å². The number of ether oxygens (including phenoxy) is 2. The summed E-state index contributed by atoms with van der Waals surface area (Å²) in [6, 6.07) is 3.87. The molecule has 2 fully saturated rings. The molecule has 0 spiro atoms. The van der Waals surface area contributed by atoms with Crippen LogP contribution in [-0.4, -0.2) is 35.7 Å². The van der Waals surface area contributed by atoms with Crippen LogP contribution in [0.2, 0.25) is 0 Å². The van der Waals surface area contributed by atoms with Crippen molar-refractivity contribution < 1.29 is 14.3 Å². The van der Waals surface area contributed by atoms with E-state index in [1.807, 2.05) is 19.1 Å². The molecule has 0 radical (unpaired) electrons. The highest BCUT2D eigenvalue weighted by atomic mass is 16.5. The van der Waals surface area contributed by atoms with Gasteiger partial charge >= 0.3 is 0 Å². The first-order valence-electron chi connectivity index (χ1n) is 7.21. The summed E-state index contributed by atoms with van der Waals surface area (Å²) in [4.78, 5) is 16.3. The maximum atomic E-state index is 12.2. The highest BCUT2D eigenvalue weighted by molar-refractivity contribution is 5.81. The van der Waals surface area contributed by atoms with Crippen molar-refractivity contribution in [2.24, 2.45) is 0 Å². The summed E-state index contributed by atoms with van der Waals surface area (Å²) in [5.74, 6) is -0.0151. The Morgan fingerprint density at radius 2 is 2.30 bits per heavy atom. The minimum atomic E-state index is -0.305. The number of rotatable bonds is 3. The zero-order chi connectivity index (χ0) is 13.9. The molecule has 1 aromatic rings. The lowest BCUT2D eigenvalue weighted by Gasteiger charge is -2.21. The number of pyridine rings is 1. The molecule has 0 aliphatic carbocycles. The molecule has 2 aliphatic heterocycles. The van der Waals surface area contributed by atoms with Crippen molar-refractivity contribution in [3.8, 4) is 0 Å². The molecule has 0 bridgehead atoms. The highest BCUT2D eigenvalue weighted by Gasteiger charge is 2.35. The van der Waals surface area contributed by atoms with Crippen LogP contribution < -0.4 is 5.32 Å². The molecular formula is C15H20N2O3. The lowest BCUT2D eigenvalue weighted by atomic mass is 10.0. The minimum Gasteiger partial charge on any atom is -0.371 e. The fraction of sp³-hybridized carbons (Fsp3) is 0.600. The van der Waals surface area contributed by atoms with Gasteiger partial charge in [-0.3, -0.25) is 9.78 Å². The normalized spacial score (nSPS) is 33.2. The van der Waals surface area contributed by atoms with E-state index in [1.165, 1.54) is 0 Å². The van der Waals surface area contributed by atoms with Gasteiger partial charge < -0.3 is 14.8 Å². The Labute approximate surface area is 118 Å². The molecule has 2 saturated heterocycles. The predicted molar refractivity (Wildman–Crippen MR) is 73.0 cm³/mol. The van der Waals surface area contributed by atoms with Crippen molar-refractivity contribution in [3.63, 3.8) is 0 Å². The molecular weight excluding hydrogens is 256 g/mol. The third kappa shape index (κ3) is 2.83. The Bertz CT molecular complexity index is 465. The van der Waals surface area contributed by atoms with Crippen molar-refractivity contribution in [3.05, 3.63) is 30.1 Å². The third-order valence-corrected chi connectivity index (χ3v) is 3.96. The lowest BCUT2D eigenvalue weighted by molar-refractivity contribution is -0.132. The molecule has 0 unspecified atom stereocenters. The highest BCUT2D eigenvalue weighted by Crippen LogP contribution is 2.29. The van der Waals surface area contributed by atoms with Crippen molar-refractivity contribution in [1.82, 2.24) is 10.3 Å². The second-order valence-electron chi connectivity index (χ2n) is 5.49. The number of carbonyl (C=O) groups excluding carboxylic acids is 1. The standard InChI is InChI=1S/C15H20N2O3/c1-10-4-5-13(20-10)15(18)17-12-6-8-19-14(12)11-3-2-7-16-9-11/h2-3,7,9-10,12-14H,4-6,8H2,1H3,(H,17,18)/t10-,12-,13+,14+/m0/s1. The number of aromatic nitrogens is 1. The molecule has 5 nitrogen and oxygen atoms in total. The Kier molecular flexibility index (Phi) is 3.98. The predicted octanol–water partition coefficient (Wildman–Crippen LogP) is 1.60. The van der Waals surface area contributed by atoms with Crippen LogP contribution in [0, 0.1) is 0 Å². The van der Waals surface area contributed by atoms with Crippen molar-refractivity contribution in [2.45, 2.75) is 50.5 Å². The maximum Gasteiger partial charge on any atom is 0.249 e. The first-order valence-corrected chi connectivity index (χ1v) is 7.21. The van der Waals surface area contributed by atoms with E-state index in [9.17, 15) is 4.79 Å². The Morgan fingerprint density at radius 3 is 3.00 bits per heavy atom. The van der Waals surface area contributed by atoms with E-state index in [4.69, 9.17) is 9.47 Å². The van der Waals surface area contributed by atoms with Crippen LogP contribution in [0.1, 0.15) is 37.9 Å². The summed E-state index contributed by atoms with van der Waals surface area (Å²) < 4.78 is 11.3. The van der Waals surface area contributed by atoms with E-state index in [2.05, 4.69) is 10.3 Å². The quantitative estimate of drug-likeness (QED) is 0.911. The SMILES string of the molecule is C[C@H]1CC[C@H](C(=O)N[C@H]2CCO[C@@H]2c2cccnc2)O1. The molecule has 108 valence electrons.